The molecule has 1 atom stereocenters. The van der Waals surface area contributed by atoms with E-state index in [1.54, 1.807) is 15.0 Å². The Kier molecular flexibility index (Phi) is 10.5. The molecular formula is C19H43Cl2NOSi2Ti. The molecule has 26 heavy (non-hydrogen) atoms. The Bertz CT molecular complexity index is 645. The summed E-state index contributed by atoms with van der Waals surface area (Å²) in [6, 6.07) is 0. The van der Waals surface area contributed by atoms with E-state index in [-0.39, 0.29) is 30.4 Å². The van der Waals surface area contributed by atoms with Crippen LogP contribution in [0.1, 0.15) is 48.5 Å². The van der Waals surface area contributed by atoms with E-state index < -0.39 is 22.6 Å². The Morgan fingerprint density at radius 1 is 1.08 bits per heavy atom. The molecule has 0 heterocycles. The summed E-state index contributed by atoms with van der Waals surface area (Å²) < 4.78 is 13.4. The number of rotatable bonds is 6. The zero-order chi connectivity index (χ0) is 19.2. The first kappa shape index (κ1) is 29.3. The van der Waals surface area contributed by atoms with Gasteiger partial charge in [0.2, 0.25) is 0 Å². The van der Waals surface area contributed by atoms with Gasteiger partial charge in [-0.2, -0.15) is 0 Å². The van der Waals surface area contributed by atoms with E-state index in [1.165, 1.54) is 10.3 Å². The van der Waals surface area contributed by atoms with Crippen molar-refractivity contribution < 1.29 is 18.7 Å². The number of hydrogen-bond donors (Lipinski definition) is 1. The van der Waals surface area contributed by atoms with Crippen LogP contribution in [-0.4, -0.2) is 28.1 Å². The molecule has 0 aromatic rings. The average Bonchev–Trinajstić information content (AvgIpc) is 2.49. The second-order valence-electron chi connectivity index (χ2n) is 10.4. The van der Waals surface area contributed by atoms with Crippen LogP contribution >= 0.6 is 24.8 Å². The van der Waals surface area contributed by atoms with Crippen LogP contribution in [0.2, 0.25) is 29.6 Å². The van der Waals surface area contributed by atoms with Gasteiger partial charge in [0, 0.05) is 0 Å². The summed E-state index contributed by atoms with van der Waals surface area (Å²) in [6.45, 7) is 24.1. The molecule has 1 aliphatic carbocycles. The smallest absolute Gasteiger partial charge is 0.147 e. The molecule has 0 saturated carbocycles. The zero-order valence-electron chi connectivity index (χ0n) is 18.9. The van der Waals surface area contributed by atoms with Crippen molar-refractivity contribution in [1.29, 1.82) is 0 Å². The van der Waals surface area contributed by atoms with Gasteiger partial charge >= 0.3 is 155 Å². The first-order valence-corrected chi connectivity index (χ1v) is 21.0. The Labute approximate surface area is 179 Å². The molecule has 0 bridgehead atoms. The largest absolute Gasteiger partial charge is 0.147 e. The molecule has 7 heteroatoms. The number of allylic oxidation sites excluding steroid dienone is 4. The zero-order valence-corrected chi connectivity index (χ0v) is 24.5. The average molecular weight is 477 g/mol. The van der Waals surface area contributed by atoms with Crippen molar-refractivity contribution in [3.8, 4) is 0 Å². The fourth-order valence-corrected chi connectivity index (χ4v) is 20.3. The summed E-state index contributed by atoms with van der Waals surface area (Å²) in [7, 11) is 0.843. The SMILES string of the molecule is CC1=C(C)C(C)[C]([Ti]([CH3])(=[SiH2])([CH2]CO[Si](C)(C)C)[NH]C(C)(C)C)=C1C.Cl.Cl. The third-order valence-corrected chi connectivity index (χ3v) is 18.8. The van der Waals surface area contributed by atoms with E-state index in [0.29, 0.717) is 5.92 Å². The quantitative estimate of drug-likeness (QED) is 0.479. The molecule has 0 aromatic heterocycles. The Morgan fingerprint density at radius 3 is 1.85 bits per heavy atom. The van der Waals surface area contributed by atoms with Crippen LogP contribution in [0, 0.1) is 5.92 Å². The van der Waals surface area contributed by atoms with Gasteiger partial charge in [-0.15, -0.1) is 24.8 Å². The van der Waals surface area contributed by atoms with Gasteiger partial charge in [-0.3, -0.25) is 0 Å². The van der Waals surface area contributed by atoms with Gasteiger partial charge in [0.1, 0.15) is 0 Å². The molecule has 1 aliphatic rings. The molecule has 0 amide bonds. The first-order valence-electron chi connectivity index (χ1n) is 9.35. The Hall–Kier alpha value is 1.13. The number of halogens is 2. The van der Waals surface area contributed by atoms with Gasteiger partial charge < -0.3 is 0 Å². The van der Waals surface area contributed by atoms with Gasteiger partial charge in [0.05, 0.1) is 0 Å². The fraction of sp³-hybridized carbons (Fsp3) is 0.789. The molecule has 1 unspecified atom stereocenters. The van der Waals surface area contributed by atoms with Crippen molar-refractivity contribution in [2.45, 2.75) is 83.6 Å². The summed E-state index contributed by atoms with van der Waals surface area (Å²) in [4.78, 5) is 0. The predicted molar refractivity (Wildman–Crippen MR) is 126 cm³/mol. The van der Waals surface area contributed by atoms with Crippen molar-refractivity contribution in [2.75, 3.05) is 6.61 Å². The van der Waals surface area contributed by atoms with Crippen LogP contribution in [0.25, 0.3) is 0 Å². The van der Waals surface area contributed by atoms with Gasteiger partial charge in [-0.25, -0.2) is 0 Å². The molecule has 0 aliphatic heterocycles. The molecule has 2 nitrogen and oxygen atoms in total. The predicted octanol–water partition coefficient (Wildman–Crippen LogP) is 5.95. The maximum atomic E-state index is 6.30. The summed E-state index contributed by atoms with van der Waals surface area (Å²) in [5.74, 6) is 0.575. The van der Waals surface area contributed by atoms with Crippen LogP contribution in [0.5, 0.6) is 0 Å². The third-order valence-electron chi connectivity index (χ3n) is 5.48. The van der Waals surface area contributed by atoms with E-state index in [0.717, 1.165) is 6.61 Å². The minimum atomic E-state index is -3.08. The van der Waals surface area contributed by atoms with Crippen LogP contribution in [-0.2, 0) is 18.7 Å². The topological polar surface area (TPSA) is 21.3 Å². The Morgan fingerprint density at radius 2 is 1.54 bits per heavy atom. The van der Waals surface area contributed by atoms with Crippen molar-refractivity contribution in [3.05, 3.63) is 20.6 Å². The van der Waals surface area contributed by atoms with Crippen molar-refractivity contribution in [1.82, 2.24) is 3.80 Å². The van der Waals surface area contributed by atoms with Crippen LogP contribution in [0.4, 0.5) is 0 Å². The standard InChI is InChI=1S/C9H13.C5H13OSi.C4H10N.CH3.2ClH.H2Si.Ti/c1-6-5-7(2)9(4)8(6)3;1-5-6-7(2,3)4;1-4(2,3)5;;;;;/h6H,1-4H3;1,5H2,2-4H3;5H,1-3H3;1H3;2*1H;1H2;/q;;-1;;;;;+1. The fourth-order valence-electron chi connectivity index (χ4n) is 4.53. The minimum absolute atomic E-state index is 0. The first-order chi connectivity index (χ1) is 10.5. The van der Waals surface area contributed by atoms with E-state index in [1.807, 2.05) is 0 Å². The third kappa shape index (κ3) is 7.18. The molecule has 1 N–H and O–H groups in total. The summed E-state index contributed by atoms with van der Waals surface area (Å²) >= 11 is -3.08. The molecule has 1 rings (SSSR count). The molecule has 0 saturated heterocycles. The van der Waals surface area contributed by atoms with Crippen molar-refractivity contribution >= 4 is 40.8 Å². The van der Waals surface area contributed by atoms with Gasteiger partial charge in [-0.05, 0) is 0 Å². The summed E-state index contributed by atoms with van der Waals surface area (Å²) in [6.07, 6.45) is 0. The molecule has 0 radical (unpaired) electrons. The summed E-state index contributed by atoms with van der Waals surface area (Å²) in [5.41, 5.74) is 4.76. The van der Waals surface area contributed by atoms with Gasteiger partial charge in [-0.1, -0.05) is 0 Å². The molecule has 0 fully saturated rings. The molecule has 156 valence electrons. The second kappa shape index (κ2) is 9.30. The number of nitrogens with one attached hydrogen (secondary N) is 1. The van der Waals surface area contributed by atoms with Crippen molar-refractivity contribution in [3.63, 3.8) is 0 Å². The van der Waals surface area contributed by atoms with E-state index in [2.05, 4.69) is 84.8 Å². The minimum Gasteiger partial charge on any atom is -0.147 e. The normalized spacial score (nSPS) is 19.5. The molecular weight excluding hydrogens is 433 g/mol. The molecule has 0 aromatic carbocycles. The van der Waals surface area contributed by atoms with E-state index >= 15 is 0 Å². The van der Waals surface area contributed by atoms with Gasteiger partial charge in [0.25, 0.3) is 0 Å². The maximum Gasteiger partial charge on any atom is -0.147 e. The number of hydrogen-bond acceptors (Lipinski definition) is 2. The Balaban J connectivity index is 0. The van der Waals surface area contributed by atoms with Crippen LogP contribution in [0.3, 0.4) is 0 Å². The van der Waals surface area contributed by atoms with Crippen molar-refractivity contribution in [2.24, 2.45) is 5.92 Å². The monoisotopic (exact) mass is 475 g/mol. The molecule has 0 spiro atoms. The van der Waals surface area contributed by atoms with E-state index in [9.17, 15) is 0 Å². The summed E-state index contributed by atoms with van der Waals surface area (Å²) in [5, 5.41) is 2.59. The van der Waals surface area contributed by atoms with Crippen LogP contribution < -0.4 is 3.80 Å². The van der Waals surface area contributed by atoms with E-state index in [4.69, 9.17) is 4.43 Å². The maximum absolute atomic E-state index is 6.30. The van der Waals surface area contributed by atoms with Crippen LogP contribution in [0.15, 0.2) is 20.6 Å². The van der Waals surface area contributed by atoms with Gasteiger partial charge in [0.15, 0.2) is 0 Å². The second-order valence-corrected chi connectivity index (χ2v) is 32.0.